The van der Waals surface area contributed by atoms with E-state index < -0.39 is 0 Å². The number of amides is 1. The van der Waals surface area contributed by atoms with Crippen molar-refractivity contribution >= 4 is 5.91 Å². The van der Waals surface area contributed by atoms with Crippen LogP contribution in [0.3, 0.4) is 0 Å². The first kappa shape index (κ1) is 15.6. The summed E-state index contributed by atoms with van der Waals surface area (Å²) in [5.74, 6) is 0.838. The molecule has 1 aliphatic rings. The molecule has 1 aliphatic heterocycles. The molecule has 2 unspecified atom stereocenters. The molecular formula is C16H20N4O3. The highest BCUT2D eigenvalue weighted by Crippen LogP contribution is 2.16. The van der Waals surface area contributed by atoms with Gasteiger partial charge < -0.3 is 14.6 Å². The number of carbonyl (C=O) groups is 1. The Kier molecular flexibility index (Phi) is 4.97. The van der Waals surface area contributed by atoms with Crippen molar-refractivity contribution in [2.24, 2.45) is 0 Å². The van der Waals surface area contributed by atoms with Crippen molar-refractivity contribution in [1.29, 1.82) is 0 Å². The number of carbonyl (C=O) groups excluding carboxylic acids is 1. The Morgan fingerprint density at radius 2 is 2.39 bits per heavy atom. The van der Waals surface area contributed by atoms with Crippen molar-refractivity contribution in [1.82, 2.24) is 20.4 Å². The quantitative estimate of drug-likeness (QED) is 0.873. The highest BCUT2D eigenvalue weighted by molar-refractivity contribution is 5.76. The number of aromatic nitrogens is 3. The molecule has 2 aromatic heterocycles. The molecule has 7 heteroatoms. The van der Waals surface area contributed by atoms with Gasteiger partial charge in [0.05, 0.1) is 12.1 Å². The van der Waals surface area contributed by atoms with E-state index in [1.807, 2.05) is 25.1 Å². The number of hydrogen-bond donors (Lipinski definition) is 1. The zero-order valence-electron chi connectivity index (χ0n) is 13.1. The molecule has 1 fully saturated rings. The third kappa shape index (κ3) is 4.13. The third-order valence-electron chi connectivity index (χ3n) is 3.84. The lowest BCUT2D eigenvalue weighted by molar-refractivity contribution is -0.122. The van der Waals surface area contributed by atoms with Crippen LogP contribution in [0.2, 0.25) is 0 Å². The Bertz CT molecular complexity index is 638. The normalized spacial score (nSPS) is 18.7. The van der Waals surface area contributed by atoms with Crippen LogP contribution in [0.25, 0.3) is 11.5 Å². The van der Waals surface area contributed by atoms with Gasteiger partial charge in [-0.1, -0.05) is 11.2 Å². The molecule has 122 valence electrons. The molecule has 1 saturated heterocycles. The van der Waals surface area contributed by atoms with Gasteiger partial charge in [0, 0.05) is 25.6 Å². The van der Waals surface area contributed by atoms with Gasteiger partial charge >= 0.3 is 0 Å². The van der Waals surface area contributed by atoms with E-state index in [0.29, 0.717) is 30.3 Å². The van der Waals surface area contributed by atoms with Crippen LogP contribution >= 0.6 is 0 Å². The number of ether oxygens (including phenoxy) is 1. The molecule has 23 heavy (non-hydrogen) atoms. The molecule has 2 aromatic rings. The predicted octanol–water partition coefficient (Wildman–Crippen LogP) is 1.75. The minimum Gasteiger partial charge on any atom is -0.376 e. The molecule has 1 N–H and O–H groups in total. The van der Waals surface area contributed by atoms with E-state index in [2.05, 4.69) is 20.4 Å². The summed E-state index contributed by atoms with van der Waals surface area (Å²) in [6.45, 7) is 2.75. The van der Waals surface area contributed by atoms with Gasteiger partial charge in [0.2, 0.25) is 17.6 Å². The Hall–Kier alpha value is -2.28. The average Bonchev–Trinajstić information content (AvgIpc) is 3.25. The largest absolute Gasteiger partial charge is 0.376 e. The molecule has 3 rings (SSSR count). The molecule has 0 aliphatic carbocycles. The molecule has 0 bridgehead atoms. The van der Waals surface area contributed by atoms with E-state index >= 15 is 0 Å². The Morgan fingerprint density at radius 1 is 1.48 bits per heavy atom. The summed E-state index contributed by atoms with van der Waals surface area (Å²) in [7, 11) is 0. The van der Waals surface area contributed by atoms with E-state index in [4.69, 9.17) is 9.26 Å². The predicted molar refractivity (Wildman–Crippen MR) is 82.4 cm³/mol. The van der Waals surface area contributed by atoms with E-state index in [1.165, 1.54) is 0 Å². The van der Waals surface area contributed by atoms with Crippen LogP contribution in [0.4, 0.5) is 0 Å². The first-order chi connectivity index (χ1) is 11.2. The molecular weight excluding hydrogens is 296 g/mol. The Balaban J connectivity index is 1.48. The SMILES string of the molecule is CC(NC(=O)CCc1nc(-c2ccccn2)no1)C1CCCO1. The zero-order valence-corrected chi connectivity index (χ0v) is 13.1. The van der Waals surface area contributed by atoms with Crippen LogP contribution in [0.1, 0.15) is 32.1 Å². The number of pyridine rings is 1. The van der Waals surface area contributed by atoms with E-state index in [0.717, 1.165) is 19.4 Å². The third-order valence-corrected chi connectivity index (χ3v) is 3.84. The summed E-state index contributed by atoms with van der Waals surface area (Å²) < 4.78 is 10.7. The number of hydrogen-bond acceptors (Lipinski definition) is 6. The van der Waals surface area contributed by atoms with Gasteiger partial charge in [0.25, 0.3) is 0 Å². The molecule has 7 nitrogen and oxygen atoms in total. The molecule has 0 radical (unpaired) electrons. The van der Waals surface area contributed by atoms with Crippen LogP contribution < -0.4 is 5.32 Å². The first-order valence-electron chi connectivity index (χ1n) is 7.87. The van der Waals surface area contributed by atoms with Gasteiger partial charge in [0.1, 0.15) is 5.69 Å². The fraction of sp³-hybridized carbons (Fsp3) is 0.500. The highest BCUT2D eigenvalue weighted by atomic mass is 16.5. The monoisotopic (exact) mass is 316 g/mol. The standard InChI is InChI=1S/C16H20N4O3/c1-11(13-6-4-10-22-13)18-14(21)7-8-15-19-16(20-23-15)12-5-2-3-9-17-12/h2-3,5,9,11,13H,4,6-8,10H2,1H3,(H,18,21). The van der Waals surface area contributed by atoms with Gasteiger partial charge in [-0.2, -0.15) is 4.98 Å². The minimum atomic E-state index is -0.0365. The van der Waals surface area contributed by atoms with Crippen molar-refractivity contribution < 1.29 is 14.1 Å². The number of rotatable bonds is 6. The second-order valence-corrected chi connectivity index (χ2v) is 5.63. The minimum absolute atomic E-state index is 0.0248. The maximum Gasteiger partial charge on any atom is 0.227 e. The second-order valence-electron chi connectivity index (χ2n) is 5.63. The summed E-state index contributed by atoms with van der Waals surface area (Å²) in [5.41, 5.74) is 0.652. The lowest BCUT2D eigenvalue weighted by Gasteiger charge is -2.19. The fourth-order valence-electron chi connectivity index (χ4n) is 2.59. The van der Waals surface area contributed by atoms with Crippen LogP contribution in [-0.4, -0.2) is 39.8 Å². The summed E-state index contributed by atoms with van der Waals surface area (Å²) in [6, 6.07) is 5.52. The van der Waals surface area contributed by atoms with Crippen LogP contribution in [0.5, 0.6) is 0 Å². The van der Waals surface area contributed by atoms with Crippen molar-refractivity contribution in [3.8, 4) is 11.5 Å². The lowest BCUT2D eigenvalue weighted by Crippen LogP contribution is -2.40. The summed E-state index contributed by atoms with van der Waals surface area (Å²) in [6.07, 6.45) is 4.57. The molecule has 1 amide bonds. The molecule has 3 heterocycles. The number of nitrogens with one attached hydrogen (secondary N) is 1. The summed E-state index contributed by atoms with van der Waals surface area (Å²) in [5, 5.41) is 6.85. The van der Waals surface area contributed by atoms with Gasteiger partial charge in [-0.3, -0.25) is 9.78 Å². The smallest absolute Gasteiger partial charge is 0.227 e. The van der Waals surface area contributed by atoms with Crippen LogP contribution in [0.15, 0.2) is 28.9 Å². The first-order valence-corrected chi connectivity index (χ1v) is 7.87. The molecule has 0 saturated carbocycles. The molecule has 0 spiro atoms. The maximum atomic E-state index is 12.0. The summed E-state index contributed by atoms with van der Waals surface area (Å²) in [4.78, 5) is 20.4. The van der Waals surface area contributed by atoms with Crippen molar-refractivity contribution in [3.63, 3.8) is 0 Å². The van der Waals surface area contributed by atoms with Crippen molar-refractivity contribution in [2.45, 2.75) is 44.8 Å². The maximum absolute atomic E-state index is 12.0. The van der Waals surface area contributed by atoms with E-state index in [9.17, 15) is 4.79 Å². The number of aryl methyl sites for hydroxylation is 1. The highest BCUT2D eigenvalue weighted by Gasteiger charge is 2.23. The van der Waals surface area contributed by atoms with Crippen LogP contribution in [0, 0.1) is 0 Å². The van der Waals surface area contributed by atoms with Gasteiger partial charge in [0.15, 0.2) is 0 Å². The van der Waals surface area contributed by atoms with Crippen LogP contribution in [-0.2, 0) is 16.0 Å². The van der Waals surface area contributed by atoms with Crippen molar-refractivity contribution in [2.75, 3.05) is 6.61 Å². The summed E-state index contributed by atoms with van der Waals surface area (Å²) >= 11 is 0. The van der Waals surface area contributed by atoms with Gasteiger partial charge in [-0.15, -0.1) is 0 Å². The Morgan fingerprint density at radius 3 is 3.13 bits per heavy atom. The molecule has 2 atom stereocenters. The fourth-order valence-corrected chi connectivity index (χ4v) is 2.59. The molecule has 0 aromatic carbocycles. The average molecular weight is 316 g/mol. The number of nitrogens with zero attached hydrogens (tertiary/aromatic N) is 3. The van der Waals surface area contributed by atoms with Gasteiger partial charge in [-0.25, -0.2) is 0 Å². The zero-order chi connectivity index (χ0) is 16.1. The van der Waals surface area contributed by atoms with E-state index in [1.54, 1.807) is 6.20 Å². The lowest BCUT2D eigenvalue weighted by atomic mass is 10.1. The second kappa shape index (κ2) is 7.32. The van der Waals surface area contributed by atoms with Gasteiger partial charge in [-0.05, 0) is 31.9 Å². The topological polar surface area (TPSA) is 90.1 Å². The Labute approximate surface area is 134 Å². The van der Waals surface area contributed by atoms with Crippen molar-refractivity contribution in [3.05, 3.63) is 30.3 Å². The van der Waals surface area contributed by atoms with E-state index in [-0.39, 0.29) is 18.1 Å².